The molecule has 12 aromatic rings. The Morgan fingerprint density at radius 3 is 0.936 bits per heavy atom. The van der Waals surface area contributed by atoms with E-state index in [2.05, 4.69) is 214 Å². The first kappa shape index (κ1) is 50.0. The number of rotatable bonds is 7. The molecule has 0 unspecified atom stereocenters. The molecule has 0 spiro atoms. The summed E-state index contributed by atoms with van der Waals surface area (Å²) in [6.07, 6.45) is 0. The van der Waals surface area contributed by atoms with Crippen LogP contribution in [-0.2, 0) is 0 Å². The van der Waals surface area contributed by atoms with Gasteiger partial charge in [-0.2, -0.15) is 5.26 Å². The number of hydrogen-bond donors (Lipinski definition) is 0. The summed E-state index contributed by atoms with van der Waals surface area (Å²) in [6.45, 7) is 25.9. The van der Waals surface area contributed by atoms with Crippen molar-refractivity contribution in [1.82, 2.24) is 9.13 Å². The highest BCUT2D eigenvalue weighted by Crippen LogP contribution is 2.47. The number of benzene rings is 10. The van der Waals surface area contributed by atoms with Crippen LogP contribution in [-0.4, -0.2) is 9.13 Å². The topological polar surface area (TPSA) is 33.6 Å². The molecule has 0 saturated carbocycles. The highest BCUT2D eigenvalue weighted by molar-refractivity contribution is 6.14. The van der Waals surface area contributed by atoms with Crippen molar-refractivity contribution in [3.63, 3.8) is 0 Å². The van der Waals surface area contributed by atoms with Crippen LogP contribution >= 0.6 is 0 Å². The Labute approximate surface area is 456 Å². The molecule has 0 N–H and O–H groups in total. The van der Waals surface area contributed by atoms with Crippen LogP contribution in [0.15, 0.2) is 152 Å². The highest BCUT2D eigenvalue weighted by atomic mass is 19.1. The van der Waals surface area contributed by atoms with E-state index in [1.54, 1.807) is 0 Å². The van der Waals surface area contributed by atoms with Gasteiger partial charge in [-0.1, -0.05) is 113 Å². The summed E-state index contributed by atoms with van der Waals surface area (Å²) in [5.41, 5.74) is 28.1. The maximum atomic E-state index is 17.6. The van der Waals surface area contributed by atoms with Crippen molar-refractivity contribution in [3.05, 3.63) is 236 Å². The van der Waals surface area contributed by atoms with Crippen molar-refractivity contribution in [2.75, 3.05) is 0 Å². The SMILES string of the molecule is Cc1cc(C)c(-c2ccc3c(c2)c2ccc(-c4c(C)cc(C)cc4C)cc2n3-c2cccc(-n3c4ccc(-c5c(C)cc(C)cc5C)cc4c4ccc(-c5c(C)cc(C)cc5C)cc43)c2-c2c(F)cc(C#N)cc2F)c(C)c1. The van der Waals surface area contributed by atoms with E-state index in [4.69, 9.17) is 0 Å². The molecule has 0 bridgehead atoms. The zero-order valence-electron chi connectivity index (χ0n) is 46.5. The van der Waals surface area contributed by atoms with E-state index >= 15 is 8.78 Å². The third-order valence-corrected chi connectivity index (χ3v) is 16.3. The predicted octanol–water partition coefficient (Wildman–Crippen LogP) is 20.1. The molecular formula is C73H61F2N3. The lowest BCUT2D eigenvalue weighted by Crippen LogP contribution is -2.06. The van der Waals surface area contributed by atoms with Gasteiger partial charge in [-0.25, -0.2) is 8.78 Å². The van der Waals surface area contributed by atoms with Gasteiger partial charge in [0.2, 0.25) is 0 Å². The molecule has 0 aliphatic heterocycles. The number of halogens is 2. The molecule has 0 saturated heterocycles. The maximum Gasteiger partial charge on any atom is 0.135 e. The summed E-state index contributed by atoms with van der Waals surface area (Å²) >= 11 is 0. The van der Waals surface area contributed by atoms with Gasteiger partial charge >= 0.3 is 0 Å². The second-order valence-electron chi connectivity index (χ2n) is 22.3. The monoisotopic (exact) mass is 1020 g/mol. The number of aromatic nitrogens is 2. The molecule has 0 fully saturated rings. The molecule has 12 rings (SSSR count). The van der Waals surface area contributed by atoms with E-state index in [-0.39, 0.29) is 11.1 Å². The first-order valence-corrected chi connectivity index (χ1v) is 26.9. The second-order valence-corrected chi connectivity index (χ2v) is 22.3. The minimum atomic E-state index is -0.819. The van der Waals surface area contributed by atoms with Gasteiger partial charge in [-0.15, -0.1) is 0 Å². The molecule has 78 heavy (non-hydrogen) atoms. The van der Waals surface area contributed by atoms with Crippen LogP contribution in [0.25, 0.3) is 111 Å². The first-order chi connectivity index (χ1) is 37.4. The summed E-state index contributed by atoms with van der Waals surface area (Å²) in [6, 6.07) is 54.8. The van der Waals surface area contributed by atoms with Crippen LogP contribution in [0.3, 0.4) is 0 Å². The number of nitriles is 1. The molecule has 0 aliphatic carbocycles. The van der Waals surface area contributed by atoms with Crippen LogP contribution in [0, 0.1) is 106 Å². The Balaban J connectivity index is 1.24. The Hall–Kier alpha value is -8.85. The fraction of sp³-hybridized carbons (Fsp3) is 0.164. The first-order valence-electron chi connectivity index (χ1n) is 26.9. The quantitative estimate of drug-likeness (QED) is 0.157. The average Bonchev–Trinajstić information content (AvgIpc) is 4.07. The zero-order chi connectivity index (χ0) is 54.7. The summed E-state index contributed by atoms with van der Waals surface area (Å²) in [4.78, 5) is 0. The van der Waals surface area contributed by atoms with Crippen LogP contribution in [0.1, 0.15) is 72.3 Å². The molecule has 0 radical (unpaired) electrons. The summed E-state index contributed by atoms with van der Waals surface area (Å²) in [7, 11) is 0. The predicted molar refractivity (Wildman–Crippen MR) is 324 cm³/mol. The van der Waals surface area contributed by atoms with Crippen molar-refractivity contribution in [2.45, 2.75) is 83.1 Å². The Kier molecular flexibility index (Phi) is 12.0. The Morgan fingerprint density at radius 1 is 0.308 bits per heavy atom. The molecule has 10 aromatic carbocycles. The van der Waals surface area contributed by atoms with Crippen molar-refractivity contribution in [1.29, 1.82) is 5.26 Å². The number of nitrogens with zero attached hydrogens (tertiary/aromatic N) is 3. The van der Waals surface area contributed by atoms with Gasteiger partial charge in [0, 0.05) is 27.1 Å². The van der Waals surface area contributed by atoms with Gasteiger partial charge in [0.1, 0.15) is 11.6 Å². The van der Waals surface area contributed by atoms with Gasteiger partial charge in [0.05, 0.1) is 50.6 Å². The Morgan fingerprint density at radius 2 is 0.615 bits per heavy atom. The lowest BCUT2D eigenvalue weighted by atomic mass is 9.92. The standard InChI is InChI=1S/C73H61F2N3/c1-39-24-43(5)68(44(6)25-39)52-18-22-62-58(34-52)56-20-16-54(70-47(9)28-41(3)29-48(70)10)36-66(56)77(62)64-14-13-15-65(73(64)72-60(74)32-51(38-76)33-61(72)75)78-63-23-19-53(69-45(7)26-40(2)27-46(69)8)35-59(63)57-21-17-55(37-67(57)78)71-49(11)30-42(4)31-50(71)12/h13-37H,1-12H3. The van der Waals surface area contributed by atoms with E-state index in [1.165, 1.54) is 77.9 Å². The van der Waals surface area contributed by atoms with Crippen LogP contribution in [0.2, 0.25) is 0 Å². The van der Waals surface area contributed by atoms with Gasteiger partial charge in [-0.05, 0) is 233 Å². The van der Waals surface area contributed by atoms with Crippen molar-refractivity contribution >= 4 is 43.6 Å². The van der Waals surface area contributed by atoms with E-state index in [1.807, 2.05) is 24.3 Å². The Bertz CT molecular complexity index is 4240. The molecule has 0 amide bonds. The molecule has 5 heteroatoms. The lowest BCUT2D eigenvalue weighted by Gasteiger charge is -2.21. The zero-order valence-corrected chi connectivity index (χ0v) is 46.5. The minimum Gasteiger partial charge on any atom is -0.309 e. The van der Waals surface area contributed by atoms with E-state index < -0.39 is 11.6 Å². The molecule has 2 aromatic heterocycles. The maximum absolute atomic E-state index is 17.6. The van der Waals surface area contributed by atoms with E-state index in [0.29, 0.717) is 16.9 Å². The van der Waals surface area contributed by atoms with Gasteiger partial charge in [0.15, 0.2) is 0 Å². The fourth-order valence-electron chi connectivity index (χ4n) is 13.8. The largest absolute Gasteiger partial charge is 0.309 e. The van der Waals surface area contributed by atoms with Crippen molar-refractivity contribution in [2.24, 2.45) is 0 Å². The molecule has 2 heterocycles. The summed E-state index contributed by atoms with van der Waals surface area (Å²) in [5, 5.41) is 14.1. The van der Waals surface area contributed by atoms with Crippen LogP contribution < -0.4 is 0 Å². The molecule has 382 valence electrons. The molecular weight excluding hydrogens is 957 g/mol. The van der Waals surface area contributed by atoms with Crippen molar-refractivity contribution in [3.8, 4) is 73.1 Å². The number of fused-ring (bicyclic) bond motifs is 6. The van der Waals surface area contributed by atoms with Gasteiger partial charge in [-0.3, -0.25) is 0 Å². The minimum absolute atomic E-state index is 0.0908. The summed E-state index contributed by atoms with van der Waals surface area (Å²) < 4.78 is 39.6. The third-order valence-electron chi connectivity index (χ3n) is 16.3. The van der Waals surface area contributed by atoms with Gasteiger partial charge < -0.3 is 9.13 Å². The van der Waals surface area contributed by atoms with Gasteiger partial charge in [0.25, 0.3) is 0 Å². The van der Waals surface area contributed by atoms with Crippen LogP contribution in [0.5, 0.6) is 0 Å². The normalized spacial score (nSPS) is 11.7. The fourth-order valence-corrected chi connectivity index (χ4v) is 13.8. The molecule has 0 aliphatic rings. The lowest BCUT2D eigenvalue weighted by molar-refractivity contribution is 0.588. The van der Waals surface area contributed by atoms with E-state index in [0.717, 1.165) is 89.1 Å². The van der Waals surface area contributed by atoms with E-state index in [9.17, 15) is 5.26 Å². The summed E-state index contributed by atoms with van der Waals surface area (Å²) in [5.74, 6) is -1.64. The van der Waals surface area contributed by atoms with Crippen LogP contribution in [0.4, 0.5) is 8.78 Å². The molecule has 0 atom stereocenters. The number of hydrogen-bond acceptors (Lipinski definition) is 1. The second kappa shape index (κ2) is 18.7. The number of aryl methyl sites for hydroxylation is 12. The van der Waals surface area contributed by atoms with Crippen molar-refractivity contribution < 1.29 is 8.78 Å². The smallest absolute Gasteiger partial charge is 0.135 e. The highest BCUT2D eigenvalue weighted by Gasteiger charge is 2.28. The average molecular weight is 1020 g/mol. The molecule has 3 nitrogen and oxygen atoms in total. The third kappa shape index (κ3) is 8.04.